The van der Waals surface area contributed by atoms with Gasteiger partial charge in [-0.3, -0.25) is 4.90 Å². The highest BCUT2D eigenvalue weighted by Crippen LogP contribution is 2.26. The van der Waals surface area contributed by atoms with Crippen molar-refractivity contribution in [2.75, 3.05) is 11.9 Å². The molecule has 0 spiro atoms. The van der Waals surface area contributed by atoms with E-state index in [9.17, 15) is 4.39 Å². The fourth-order valence-corrected chi connectivity index (χ4v) is 3.28. The van der Waals surface area contributed by atoms with Gasteiger partial charge in [-0.1, -0.05) is 41.9 Å². The summed E-state index contributed by atoms with van der Waals surface area (Å²) in [5.41, 5.74) is 3.18. The van der Waals surface area contributed by atoms with Gasteiger partial charge in [-0.25, -0.2) is 19.3 Å². The highest BCUT2D eigenvalue weighted by Gasteiger charge is 2.22. The molecule has 26 heavy (non-hydrogen) atoms. The third-order valence-electron chi connectivity index (χ3n) is 4.31. The Morgan fingerprint density at radius 3 is 2.73 bits per heavy atom. The zero-order valence-electron chi connectivity index (χ0n) is 14.0. The Kier molecular flexibility index (Phi) is 4.77. The summed E-state index contributed by atoms with van der Waals surface area (Å²) in [6, 6.07) is 13.2. The van der Waals surface area contributed by atoms with Gasteiger partial charge in [-0.2, -0.15) is 0 Å². The first kappa shape index (κ1) is 16.9. The molecule has 2 aromatic heterocycles. The first-order chi connectivity index (χ1) is 12.7. The van der Waals surface area contributed by atoms with Gasteiger partial charge in [0, 0.05) is 31.6 Å². The average Bonchev–Trinajstić information content (AvgIpc) is 2.65. The summed E-state index contributed by atoms with van der Waals surface area (Å²) in [6.07, 6.45) is 1.94. The van der Waals surface area contributed by atoms with E-state index in [-0.39, 0.29) is 0 Å². The first-order valence-corrected chi connectivity index (χ1v) is 8.75. The predicted octanol–water partition coefficient (Wildman–Crippen LogP) is 3.97. The maximum absolute atomic E-state index is 13.0. The van der Waals surface area contributed by atoms with Gasteiger partial charge in [-0.05, 0) is 17.7 Å². The van der Waals surface area contributed by atoms with Crippen molar-refractivity contribution >= 4 is 23.4 Å². The number of aromatic nitrogens is 3. The first-order valence-electron chi connectivity index (χ1n) is 8.37. The van der Waals surface area contributed by atoms with Crippen molar-refractivity contribution in [2.45, 2.75) is 19.5 Å². The summed E-state index contributed by atoms with van der Waals surface area (Å²) in [6.45, 7) is 2.50. The van der Waals surface area contributed by atoms with Crippen molar-refractivity contribution in [3.05, 3.63) is 76.5 Å². The molecule has 7 heteroatoms. The zero-order chi connectivity index (χ0) is 17.9. The number of anilines is 2. The lowest BCUT2D eigenvalue weighted by molar-refractivity contribution is 0.243. The molecular formula is C19H17ClFN5. The summed E-state index contributed by atoms with van der Waals surface area (Å²) >= 11 is 6.41. The van der Waals surface area contributed by atoms with Gasteiger partial charge in [0.2, 0.25) is 5.95 Å². The summed E-state index contributed by atoms with van der Waals surface area (Å²) in [7, 11) is 0. The maximum atomic E-state index is 13.0. The molecule has 0 radical (unpaired) electrons. The van der Waals surface area contributed by atoms with E-state index in [4.69, 9.17) is 11.6 Å². The molecule has 0 amide bonds. The molecule has 0 bridgehead atoms. The van der Waals surface area contributed by atoms with Crippen LogP contribution in [-0.4, -0.2) is 26.4 Å². The third kappa shape index (κ3) is 3.81. The summed E-state index contributed by atoms with van der Waals surface area (Å²) in [4.78, 5) is 15.2. The van der Waals surface area contributed by atoms with Crippen LogP contribution in [0.2, 0.25) is 5.15 Å². The molecule has 1 aromatic carbocycles. The van der Waals surface area contributed by atoms with Crippen molar-refractivity contribution in [1.29, 1.82) is 0 Å². The van der Waals surface area contributed by atoms with Crippen LogP contribution in [0.4, 0.5) is 16.2 Å². The second kappa shape index (κ2) is 7.35. The quantitative estimate of drug-likeness (QED) is 0.705. The molecule has 0 fully saturated rings. The van der Waals surface area contributed by atoms with Crippen LogP contribution in [0.15, 0.2) is 48.7 Å². The lowest BCUT2D eigenvalue weighted by Gasteiger charge is -2.28. The predicted molar refractivity (Wildman–Crippen MR) is 98.8 cm³/mol. The summed E-state index contributed by atoms with van der Waals surface area (Å²) in [5.74, 6) is 0.465. The van der Waals surface area contributed by atoms with E-state index in [1.54, 1.807) is 0 Å². The number of halogens is 2. The number of fused-ring (bicyclic) bond motifs is 1. The highest BCUT2D eigenvalue weighted by molar-refractivity contribution is 6.30. The van der Waals surface area contributed by atoms with Gasteiger partial charge < -0.3 is 5.32 Å². The highest BCUT2D eigenvalue weighted by atomic mass is 35.5. The Morgan fingerprint density at radius 1 is 1.12 bits per heavy atom. The number of hydrogen-bond donors (Lipinski definition) is 1. The third-order valence-corrected chi connectivity index (χ3v) is 4.62. The average molecular weight is 370 g/mol. The van der Waals surface area contributed by atoms with E-state index in [1.165, 1.54) is 17.7 Å². The molecule has 0 saturated heterocycles. The van der Waals surface area contributed by atoms with Gasteiger partial charge in [0.05, 0.1) is 11.9 Å². The Hall–Kier alpha value is -2.57. The topological polar surface area (TPSA) is 53.9 Å². The van der Waals surface area contributed by atoms with E-state index >= 15 is 0 Å². The molecule has 3 aromatic rings. The van der Waals surface area contributed by atoms with Crippen molar-refractivity contribution in [3.63, 3.8) is 0 Å². The van der Waals surface area contributed by atoms with Gasteiger partial charge in [0.25, 0.3) is 0 Å². The molecule has 5 nitrogen and oxygen atoms in total. The van der Waals surface area contributed by atoms with Gasteiger partial charge in [0.15, 0.2) is 0 Å². The molecule has 1 aliphatic rings. The number of rotatable bonds is 4. The minimum absolute atomic E-state index is 0.379. The Labute approximate surface area is 155 Å². The second-order valence-corrected chi connectivity index (χ2v) is 6.55. The molecule has 0 atom stereocenters. The van der Waals surface area contributed by atoms with E-state index in [2.05, 4.69) is 37.3 Å². The van der Waals surface area contributed by atoms with Crippen LogP contribution in [0.5, 0.6) is 0 Å². The smallest absolute Gasteiger partial charge is 0.230 e. The minimum atomic E-state index is -0.390. The minimum Gasteiger partial charge on any atom is -0.309 e. The van der Waals surface area contributed by atoms with E-state index in [0.29, 0.717) is 16.9 Å². The SMILES string of the molecule is Fc1ccc(Nc2nc(Cl)c3c(n2)CCN(Cc2ccccc2)C3)nc1. The fourth-order valence-electron chi connectivity index (χ4n) is 3.03. The molecule has 0 unspecified atom stereocenters. The van der Waals surface area contributed by atoms with Crippen LogP contribution < -0.4 is 5.32 Å². The fraction of sp³-hybridized carbons (Fsp3) is 0.211. The molecule has 0 aliphatic carbocycles. The van der Waals surface area contributed by atoms with Gasteiger partial charge in [0.1, 0.15) is 16.8 Å². The van der Waals surface area contributed by atoms with Crippen molar-refractivity contribution in [2.24, 2.45) is 0 Å². The van der Waals surface area contributed by atoms with Gasteiger partial charge >= 0.3 is 0 Å². The van der Waals surface area contributed by atoms with E-state index in [0.717, 1.165) is 43.5 Å². The van der Waals surface area contributed by atoms with Crippen molar-refractivity contribution in [1.82, 2.24) is 19.9 Å². The molecule has 132 valence electrons. The number of nitrogens with zero attached hydrogens (tertiary/aromatic N) is 4. The normalized spacial score (nSPS) is 14.1. The number of hydrogen-bond acceptors (Lipinski definition) is 5. The Morgan fingerprint density at radius 2 is 1.96 bits per heavy atom. The van der Waals surface area contributed by atoms with Crippen LogP contribution in [0.1, 0.15) is 16.8 Å². The van der Waals surface area contributed by atoms with Crippen molar-refractivity contribution < 1.29 is 4.39 Å². The second-order valence-electron chi connectivity index (χ2n) is 6.20. The lowest BCUT2D eigenvalue weighted by atomic mass is 10.1. The van der Waals surface area contributed by atoms with Crippen LogP contribution in [-0.2, 0) is 19.5 Å². The standard InChI is InChI=1S/C19H17ClFN5/c20-18-15-12-26(11-13-4-2-1-3-5-13)9-8-16(15)23-19(25-18)24-17-7-6-14(21)10-22-17/h1-7,10H,8-9,11-12H2,(H,22,23,24,25). The summed E-state index contributed by atoms with van der Waals surface area (Å²) in [5, 5.41) is 3.42. The molecule has 0 saturated carbocycles. The monoisotopic (exact) mass is 369 g/mol. The van der Waals surface area contributed by atoms with Crippen LogP contribution in [0.3, 0.4) is 0 Å². The van der Waals surface area contributed by atoms with Crippen molar-refractivity contribution in [3.8, 4) is 0 Å². The maximum Gasteiger partial charge on any atom is 0.230 e. The van der Waals surface area contributed by atoms with E-state index in [1.807, 2.05) is 18.2 Å². The Bertz CT molecular complexity index is 902. The summed E-state index contributed by atoms with van der Waals surface area (Å²) < 4.78 is 13.0. The molecule has 1 N–H and O–H groups in total. The number of benzene rings is 1. The molecule has 3 heterocycles. The van der Waals surface area contributed by atoms with E-state index < -0.39 is 5.82 Å². The Balaban J connectivity index is 1.50. The number of pyridine rings is 1. The van der Waals surface area contributed by atoms with Gasteiger partial charge in [-0.15, -0.1) is 0 Å². The van der Waals surface area contributed by atoms with Crippen LogP contribution in [0.25, 0.3) is 0 Å². The largest absolute Gasteiger partial charge is 0.309 e. The van der Waals surface area contributed by atoms with Crippen LogP contribution in [0, 0.1) is 5.82 Å². The zero-order valence-corrected chi connectivity index (χ0v) is 14.7. The number of nitrogens with one attached hydrogen (secondary N) is 1. The van der Waals surface area contributed by atoms with Crippen LogP contribution >= 0.6 is 11.6 Å². The molecular weight excluding hydrogens is 353 g/mol. The lowest BCUT2D eigenvalue weighted by Crippen LogP contribution is -2.31. The molecule has 1 aliphatic heterocycles. The molecule has 4 rings (SSSR count).